The molecule has 0 radical (unpaired) electrons. The SMILES string of the molecule is CCOC(=O)C1=C(c2ccccc2)Nc2nnnn2C1c1ccccc1. The Kier molecular flexibility index (Phi) is 4.18. The number of hydrogen-bond donors (Lipinski definition) is 1. The fourth-order valence-corrected chi connectivity index (χ4v) is 3.09. The lowest BCUT2D eigenvalue weighted by atomic mass is 9.93. The van der Waals surface area contributed by atoms with E-state index in [1.165, 1.54) is 0 Å². The van der Waals surface area contributed by atoms with Gasteiger partial charge in [-0.05, 0) is 28.5 Å². The highest BCUT2D eigenvalue weighted by atomic mass is 16.5. The van der Waals surface area contributed by atoms with E-state index in [2.05, 4.69) is 20.8 Å². The molecule has 4 rings (SSSR count). The summed E-state index contributed by atoms with van der Waals surface area (Å²) in [4.78, 5) is 12.9. The molecule has 1 unspecified atom stereocenters. The van der Waals surface area contributed by atoms with Crippen molar-refractivity contribution >= 4 is 17.6 Å². The topological polar surface area (TPSA) is 81.9 Å². The molecule has 1 aliphatic heterocycles. The van der Waals surface area contributed by atoms with Gasteiger partial charge >= 0.3 is 5.97 Å². The lowest BCUT2D eigenvalue weighted by Crippen LogP contribution is -2.30. The summed E-state index contributed by atoms with van der Waals surface area (Å²) in [6.07, 6.45) is 0. The van der Waals surface area contributed by atoms with Gasteiger partial charge in [-0.2, -0.15) is 4.68 Å². The largest absolute Gasteiger partial charge is 0.463 e. The van der Waals surface area contributed by atoms with Crippen LogP contribution in [-0.2, 0) is 9.53 Å². The van der Waals surface area contributed by atoms with Gasteiger partial charge in [-0.25, -0.2) is 4.79 Å². The molecule has 1 N–H and O–H groups in total. The molecule has 1 atom stereocenters. The zero-order valence-corrected chi connectivity index (χ0v) is 14.2. The minimum Gasteiger partial charge on any atom is -0.463 e. The maximum absolute atomic E-state index is 12.9. The van der Waals surface area contributed by atoms with Crippen molar-refractivity contribution in [1.29, 1.82) is 0 Å². The van der Waals surface area contributed by atoms with Crippen molar-refractivity contribution in [3.63, 3.8) is 0 Å². The van der Waals surface area contributed by atoms with Crippen LogP contribution in [0.2, 0.25) is 0 Å². The standard InChI is InChI=1S/C19H17N5O2/c1-2-26-18(25)15-16(13-9-5-3-6-10-13)20-19-21-22-23-24(19)17(15)14-11-7-4-8-12-14/h3-12,17H,2H2,1H3,(H,20,21,23). The van der Waals surface area contributed by atoms with Crippen LogP contribution in [0.5, 0.6) is 0 Å². The van der Waals surface area contributed by atoms with Crippen LogP contribution in [0.15, 0.2) is 66.2 Å². The molecular weight excluding hydrogens is 330 g/mol. The summed E-state index contributed by atoms with van der Waals surface area (Å²) in [6.45, 7) is 2.07. The third kappa shape index (κ3) is 2.73. The Labute approximate surface area is 150 Å². The molecule has 0 saturated carbocycles. The summed E-state index contributed by atoms with van der Waals surface area (Å²) in [7, 11) is 0. The van der Waals surface area contributed by atoms with Gasteiger partial charge in [0.15, 0.2) is 0 Å². The molecule has 7 nitrogen and oxygen atoms in total. The monoisotopic (exact) mass is 347 g/mol. The predicted molar refractivity (Wildman–Crippen MR) is 96.0 cm³/mol. The summed E-state index contributed by atoms with van der Waals surface area (Å²) in [5, 5.41) is 15.1. The molecule has 0 saturated heterocycles. The first-order valence-corrected chi connectivity index (χ1v) is 8.36. The second kappa shape index (κ2) is 6.79. The van der Waals surface area contributed by atoms with Gasteiger partial charge in [-0.15, -0.1) is 0 Å². The van der Waals surface area contributed by atoms with Gasteiger partial charge in [0, 0.05) is 0 Å². The Hall–Kier alpha value is -3.48. The van der Waals surface area contributed by atoms with Crippen LogP contribution >= 0.6 is 0 Å². The van der Waals surface area contributed by atoms with E-state index in [1.54, 1.807) is 11.6 Å². The van der Waals surface area contributed by atoms with Crippen molar-refractivity contribution in [2.75, 3.05) is 11.9 Å². The number of carbonyl (C=O) groups is 1. The number of benzene rings is 2. The summed E-state index contributed by atoms with van der Waals surface area (Å²) >= 11 is 0. The Morgan fingerprint density at radius 2 is 1.81 bits per heavy atom. The van der Waals surface area contributed by atoms with Gasteiger partial charge < -0.3 is 10.1 Å². The summed E-state index contributed by atoms with van der Waals surface area (Å²) in [6, 6.07) is 18.8. The fraction of sp³-hybridized carbons (Fsp3) is 0.158. The van der Waals surface area contributed by atoms with E-state index in [0.717, 1.165) is 11.1 Å². The van der Waals surface area contributed by atoms with E-state index in [-0.39, 0.29) is 6.61 Å². The van der Waals surface area contributed by atoms with E-state index < -0.39 is 12.0 Å². The molecule has 2 heterocycles. The Bertz CT molecular complexity index is 950. The van der Waals surface area contributed by atoms with E-state index in [1.807, 2.05) is 60.7 Å². The molecule has 0 aliphatic carbocycles. The lowest BCUT2D eigenvalue weighted by Gasteiger charge is -2.28. The smallest absolute Gasteiger partial charge is 0.338 e. The maximum Gasteiger partial charge on any atom is 0.338 e. The van der Waals surface area contributed by atoms with Crippen LogP contribution in [0.1, 0.15) is 24.1 Å². The number of carbonyl (C=O) groups excluding carboxylic acids is 1. The van der Waals surface area contributed by atoms with Gasteiger partial charge in [0.2, 0.25) is 5.95 Å². The quantitative estimate of drug-likeness (QED) is 0.731. The molecule has 0 fully saturated rings. The van der Waals surface area contributed by atoms with E-state index >= 15 is 0 Å². The summed E-state index contributed by atoms with van der Waals surface area (Å²) in [5.74, 6) is 0.0830. The van der Waals surface area contributed by atoms with E-state index in [4.69, 9.17) is 4.74 Å². The minimum atomic E-state index is -0.475. The van der Waals surface area contributed by atoms with E-state index in [9.17, 15) is 4.79 Å². The lowest BCUT2D eigenvalue weighted by molar-refractivity contribution is -0.138. The number of nitrogens with zero attached hydrogens (tertiary/aromatic N) is 4. The zero-order valence-electron chi connectivity index (χ0n) is 14.2. The van der Waals surface area contributed by atoms with Gasteiger partial charge in [-0.1, -0.05) is 65.8 Å². The second-order valence-corrected chi connectivity index (χ2v) is 5.76. The molecular formula is C19H17N5O2. The minimum absolute atomic E-state index is 0.286. The van der Waals surface area contributed by atoms with E-state index in [0.29, 0.717) is 17.2 Å². The fourth-order valence-electron chi connectivity index (χ4n) is 3.09. The molecule has 26 heavy (non-hydrogen) atoms. The van der Waals surface area contributed by atoms with Crippen molar-refractivity contribution in [2.45, 2.75) is 13.0 Å². The second-order valence-electron chi connectivity index (χ2n) is 5.76. The van der Waals surface area contributed by atoms with Crippen molar-refractivity contribution in [3.05, 3.63) is 77.4 Å². The molecule has 130 valence electrons. The average molecular weight is 347 g/mol. The Morgan fingerprint density at radius 3 is 2.50 bits per heavy atom. The van der Waals surface area contributed by atoms with Crippen molar-refractivity contribution in [2.24, 2.45) is 0 Å². The number of esters is 1. The van der Waals surface area contributed by atoms with Crippen molar-refractivity contribution < 1.29 is 9.53 Å². The normalized spacial score (nSPS) is 16.0. The summed E-state index contributed by atoms with van der Waals surface area (Å²) < 4.78 is 6.96. The molecule has 1 aliphatic rings. The molecule has 0 bridgehead atoms. The third-order valence-corrected chi connectivity index (χ3v) is 4.19. The van der Waals surface area contributed by atoms with Gasteiger partial charge in [0.25, 0.3) is 0 Å². The van der Waals surface area contributed by atoms with Gasteiger partial charge in [0.05, 0.1) is 17.9 Å². The molecule has 0 amide bonds. The van der Waals surface area contributed by atoms with Crippen molar-refractivity contribution in [3.8, 4) is 0 Å². The van der Waals surface area contributed by atoms with Crippen LogP contribution < -0.4 is 5.32 Å². The number of aromatic nitrogens is 4. The average Bonchev–Trinajstić information content (AvgIpc) is 3.16. The zero-order chi connectivity index (χ0) is 17.9. The third-order valence-electron chi connectivity index (χ3n) is 4.19. The van der Waals surface area contributed by atoms with Crippen molar-refractivity contribution in [1.82, 2.24) is 20.2 Å². The first kappa shape index (κ1) is 16.0. The van der Waals surface area contributed by atoms with Crippen LogP contribution in [0.25, 0.3) is 5.70 Å². The Morgan fingerprint density at radius 1 is 1.12 bits per heavy atom. The molecule has 0 spiro atoms. The molecule has 7 heteroatoms. The van der Waals surface area contributed by atoms with Gasteiger partial charge in [0.1, 0.15) is 6.04 Å². The number of nitrogens with one attached hydrogen (secondary N) is 1. The first-order valence-electron chi connectivity index (χ1n) is 8.36. The van der Waals surface area contributed by atoms with Crippen LogP contribution in [-0.4, -0.2) is 32.8 Å². The van der Waals surface area contributed by atoms with Crippen LogP contribution in [0.3, 0.4) is 0 Å². The highest BCUT2D eigenvalue weighted by Crippen LogP contribution is 2.38. The summed E-state index contributed by atoms with van der Waals surface area (Å²) in [5.41, 5.74) is 2.90. The highest BCUT2D eigenvalue weighted by molar-refractivity contribution is 6.02. The number of hydrogen-bond acceptors (Lipinski definition) is 6. The molecule has 3 aromatic rings. The maximum atomic E-state index is 12.9. The number of ether oxygens (including phenoxy) is 1. The van der Waals surface area contributed by atoms with Gasteiger partial charge in [-0.3, -0.25) is 0 Å². The molecule has 1 aromatic heterocycles. The first-order chi connectivity index (χ1) is 12.8. The van der Waals surface area contributed by atoms with Crippen LogP contribution in [0, 0.1) is 0 Å². The Balaban J connectivity index is 1.96. The number of rotatable bonds is 4. The number of tetrazole rings is 1. The van der Waals surface area contributed by atoms with Crippen LogP contribution in [0.4, 0.5) is 5.95 Å². The number of anilines is 1. The molecule has 2 aromatic carbocycles. The predicted octanol–water partition coefficient (Wildman–Crippen LogP) is 2.66. The highest BCUT2D eigenvalue weighted by Gasteiger charge is 2.36. The number of fused-ring (bicyclic) bond motifs is 1.